The quantitative estimate of drug-likeness (QED) is 0.892. The zero-order valence-corrected chi connectivity index (χ0v) is 15.1. The lowest BCUT2D eigenvalue weighted by Crippen LogP contribution is -2.27. The van der Waals surface area contributed by atoms with Gasteiger partial charge in [0.1, 0.15) is 17.0 Å². The monoisotopic (exact) mass is 346 g/mol. The molecule has 1 amide bonds. The molecule has 0 radical (unpaired) electrons. The molecule has 0 spiro atoms. The summed E-state index contributed by atoms with van der Waals surface area (Å²) in [6.45, 7) is 7.58. The largest absolute Gasteiger partial charge is 0.494 e. The third kappa shape index (κ3) is 5.17. The number of carbonyl (C=O) groups is 1. The summed E-state index contributed by atoms with van der Waals surface area (Å²) in [6, 6.07) is 7.51. The van der Waals surface area contributed by atoms with E-state index in [-0.39, 0.29) is 29.0 Å². The molecule has 2 aromatic rings. The van der Waals surface area contributed by atoms with Crippen LogP contribution >= 0.6 is 0 Å². The Bertz CT molecular complexity index is 739. The second-order valence-electron chi connectivity index (χ2n) is 6.68. The highest BCUT2D eigenvalue weighted by Gasteiger charge is 2.16. The van der Waals surface area contributed by atoms with Crippen molar-refractivity contribution < 1.29 is 18.7 Å². The van der Waals surface area contributed by atoms with Crippen LogP contribution in [-0.4, -0.2) is 23.6 Å². The topological polar surface area (TPSA) is 60.5 Å². The third-order valence-corrected chi connectivity index (χ3v) is 3.42. The molecule has 0 aliphatic carbocycles. The minimum absolute atomic E-state index is 0.165. The highest BCUT2D eigenvalue weighted by atomic mass is 19.1. The summed E-state index contributed by atoms with van der Waals surface area (Å²) in [6.07, 6.45) is 1.51. The molecule has 0 saturated heterocycles. The van der Waals surface area contributed by atoms with E-state index in [0.29, 0.717) is 11.3 Å². The first kappa shape index (κ1) is 18.7. The summed E-state index contributed by atoms with van der Waals surface area (Å²) < 4.78 is 24.4. The molecule has 1 N–H and O–H groups in total. The summed E-state index contributed by atoms with van der Waals surface area (Å²) >= 11 is 0. The highest BCUT2D eigenvalue weighted by molar-refractivity contribution is 5.92. The van der Waals surface area contributed by atoms with Gasteiger partial charge in [-0.25, -0.2) is 9.37 Å². The van der Waals surface area contributed by atoms with Crippen LogP contribution < -0.4 is 14.8 Å². The van der Waals surface area contributed by atoms with Crippen molar-refractivity contribution in [2.24, 2.45) is 0 Å². The Hall–Kier alpha value is -2.63. The first-order valence-electron chi connectivity index (χ1n) is 7.99. The van der Waals surface area contributed by atoms with E-state index in [1.807, 2.05) is 20.8 Å². The number of ether oxygens (including phenoxy) is 2. The molecule has 0 saturated carbocycles. The average molecular weight is 346 g/mol. The van der Waals surface area contributed by atoms with Crippen LogP contribution in [0.1, 0.15) is 49.8 Å². The number of carbonyl (C=O) groups excluding carboxylic acids is 1. The summed E-state index contributed by atoms with van der Waals surface area (Å²) in [4.78, 5) is 16.4. The summed E-state index contributed by atoms with van der Waals surface area (Å²) in [5.74, 6) is -0.0540. The molecular formula is C19H23FN2O3. The van der Waals surface area contributed by atoms with Gasteiger partial charge >= 0.3 is 0 Å². The predicted octanol–water partition coefficient (Wildman–Crippen LogP) is 3.90. The minimum atomic E-state index is -0.470. The number of methoxy groups -OCH3 is 1. The van der Waals surface area contributed by atoms with Crippen LogP contribution in [-0.2, 0) is 0 Å². The zero-order valence-electron chi connectivity index (χ0n) is 15.1. The second-order valence-corrected chi connectivity index (χ2v) is 6.68. The van der Waals surface area contributed by atoms with E-state index in [0.717, 1.165) is 0 Å². The van der Waals surface area contributed by atoms with E-state index in [1.54, 1.807) is 25.1 Å². The smallest absolute Gasteiger partial charge is 0.270 e. The van der Waals surface area contributed by atoms with Crippen molar-refractivity contribution in [3.05, 3.63) is 53.6 Å². The van der Waals surface area contributed by atoms with Gasteiger partial charge in [0, 0.05) is 0 Å². The number of pyridine rings is 1. The van der Waals surface area contributed by atoms with Crippen molar-refractivity contribution in [1.82, 2.24) is 10.3 Å². The summed E-state index contributed by atoms with van der Waals surface area (Å²) in [5, 5.41) is 2.80. The molecule has 1 aromatic carbocycles. The Kier molecular flexibility index (Phi) is 5.62. The Morgan fingerprint density at radius 3 is 2.48 bits per heavy atom. The molecule has 1 heterocycles. The minimum Gasteiger partial charge on any atom is -0.494 e. The molecule has 6 heteroatoms. The molecule has 2 rings (SSSR count). The number of aromatic nitrogens is 1. The van der Waals surface area contributed by atoms with Gasteiger partial charge < -0.3 is 14.8 Å². The van der Waals surface area contributed by atoms with Gasteiger partial charge in [-0.15, -0.1) is 0 Å². The fraction of sp³-hybridized carbons (Fsp3) is 0.368. The number of nitrogens with one attached hydrogen (secondary N) is 1. The average Bonchev–Trinajstić information content (AvgIpc) is 2.53. The van der Waals surface area contributed by atoms with Gasteiger partial charge in [-0.3, -0.25) is 4.79 Å². The number of hydrogen-bond donors (Lipinski definition) is 1. The van der Waals surface area contributed by atoms with E-state index >= 15 is 0 Å². The van der Waals surface area contributed by atoms with Crippen molar-refractivity contribution in [3.63, 3.8) is 0 Å². The molecular weight excluding hydrogens is 323 g/mol. The lowest BCUT2D eigenvalue weighted by atomic mass is 10.1. The Labute approximate surface area is 147 Å². The number of halogens is 1. The molecule has 0 aliphatic rings. The van der Waals surface area contributed by atoms with Crippen LogP contribution in [0.15, 0.2) is 36.5 Å². The van der Waals surface area contributed by atoms with E-state index < -0.39 is 5.82 Å². The Balaban J connectivity index is 2.04. The highest BCUT2D eigenvalue weighted by Crippen LogP contribution is 2.22. The van der Waals surface area contributed by atoms with Crippen LogP contribution in [0.2, 0.25) is 0 Å². The van der Waals surface area contributed by atoms with Gasteiger partial charge in [-0.05, 0) is 57.5 Å². The third-order valence-electron chi connectivity index (χ3n) is 3.42. The van der Waals surface area contributed by atoms with Gasteiger partial charge in [0.05, 0.1) is 19.3 Å². The predicted molar refractivity (Wildman–Crippen MR) is 93.5 cm³/mol. The van der Waals surface area contributed by atoms with Crippen molar-refractivity contribution >= 4 is 5.91 Å². The number of amides is 1. The molecule has 1 aromatic heterocycles. The maximum atomic E-state index is 13.8. The van der Waals surface area contributed by atoms with Gasteiger partial charge in [0.2, 0.25) is 0 Å². The zero-order chi connectivity index (χ0) is 18.6. The van der Waals surface area contributed by atoms with E-state index in [1.165, 1.54) is 25.4 Å². The van der Waals surface area contributed by atoms with Gasteiger partial charge in [-0.1, -0.05) is 6.07 Å². The normalized spacial score (nSPS) is 12.4. The second kappa shape index (κ2) is 7.51. The molecule has 134 valence electrons. The van der Waals surface area contributed by atoms with E-state index in [9.17, 15) is 9.18 Å². The van der Waals surface area contributed by atoms with Crippen molar-refractivity contribution in [1.29, 1.82) is 0 Å². The first-order chi connectivity index (χ1) is 11.7. The van der Waals surface area contributed by atoms with Crippen LogP contribution in [0, 0.1) is 5.82 Å². The van der Waals surface area contributed by atoms with Crippen LogP contribution in [0.25, 0.3) is 0 Å². The molecule has 25 heavy (non-hydrogen) atoms. The van der Waals surface area contributed by atoms with Crippen LogP contribution in [0.4, 0.5) is 4.39 Å². The maximum Gasteiger partial charge on any atom is 0.270 e. The molecule has 0 fully saturated rings. The lowest BCUT2D eigenvalue weighted by Gasteiger charge is -2.21. The number of hydrogen-bond acceptors (Lipinski definition) is 4. The van der Waals surface area contributed by atoms with Crippen LogP contribution in [0.5, 0.6) is 11.5 Å². The Morgan fingerprint density at radius 1 is 1.24 bits per heavy atom. The van der Waals surface area contributed by atoms with Crippen molar-refractivity contribution in [2.45, 2.75) is 39.3 Å². The SMILES string of the molecule is COc1ccc([C@@H](C)NC(=O)c2ccc(OC(C)(C)C)cn2)cc1F. The number of nitrogens with zero attached hydrogens (tertiary/aromatic N) is 1. The fourth-order valence-corrected chi connectivity index (χ4v) is 2.23. The van der Waals surface area contributed by atoms with Crippen molar-refractivity contribution in [2.75, 3.05) is 7.11 Å². The standard InChI is InChI=1S/C19H23FN2O3/c1-12(13-6-9-17(24-5)15(20)10-13)22-18(23)16-8-7-14(11-21-16)25-19(2,3)4/h6-12H,1-5H3,(H,22,23)/t12-/m1/s1. The van der Waals surface area contributed by atoms with Gasteiger partial charge in [0.15, 0.2) is 11.6 Å². The van der Waals surface area contributed by atoms with Gasteiger partial charge in [0.25, 0.3) is 5.91 Å². The van der Waals surface area contributed by atoms with Gasteiger partial charge in [-0.2, -0.15) is 0 Å². The van der Waals surface area contributed by atoms with E-state index in [2.05, 4.69) is 10.3 Å². The lowest BCUT2D eigenvalue weighted by molar-refractivity contribution is 0.0934. The summed E-state index contributed by atoms with van der Waals surface area (Å²) in [5.41, 5.74) is 0.569. The summed E-state index contributed by atoms with van der Waals surface area (Å²) in [7, 11) is 1.40. The maximum absolute atomic E-state index is 13.8. The first-order valence-corrected chi connectivity index (χ1v) is 7.99. The molecule has 0 unspecified atom stereocenters. The van der Waals surface area contributed by atoms with Crippen molar-refractivity contribution in [3.8, 4) is 11.5 Å². The molecule has 5 nitrogen and oxygen atoms in total. The Morgan fingerprint density at radius 2 is 1.96 bits per heavy atom. The molecule has 0 bridgehead atoms. The molecule has 0 aliphatic heterocycles. The molecule has 1 atom stereocenters. The number of rotatable bonds is 5. The van der Waals surface area contributed by atoms with Crippen LogP contribution in [0.3, 0.4) is 0 Å². The fourth-order valence-electron chi connectivity index (χ4n) is 2.23. The number of benzene rings is 1. The van der Waals surface area contributed by atoms with E-state index in [4.69, 9.17) is 9.47 Å².